The molecule has 0 bridgehead atoms. The molecule has 112 valence electrons. The Kier molecular flexibility index (Phi) is 4.79. The van der Waals surface area contributed by atoms with Gasteiger partial charge in [-0.05, 0) is 25.3 Å². The second kappa shape index (κ2) is 6.57. The summed E-state index contributed by atoms with van der Waals surface area (Å²) in [4.78, 5) is 23.9. The molecule has 0 atom stereocenters. The minimum Gasteiger partial charge on any atom is -0.346 e. The predicted octanol–water partition coefficient (Wildman–Crippen LogP) is 0.985. The molecule has 0 aliphatic rings. The lowest BCUT2D eigenvalue weighted by Crippen LogP contribution is -2.29. The van der Waals surface area contributed by atoms with Crippen LogP contribution in [0.2, 0.25) is 0 Å². The van der Waals surface area contributed by atoms with Crippen LogP contribution in [0, 0.1) is 6.92 Å². The van der Waals surface area contributed by atoms with E-state index in [1.54, 1.807) is 6.92 Å². The highest BCUT2D eigenvalue weighted by Gasteiger charge is 2.15. The van der Waals surface area contributed by atoms with Crippen LogP contribution in [0.25, 0.3) is 0 Å². The number of hydrogen-bond donors (Lipinski definition) is 2. The van der Waals surface area contributed by atoms with Gasteiger partial charge in [0.2, 0.25) is 5.01 Å². The molecule has 0 aromatic carbocycles. The number of H-pyrrole nitrogens is 1. The molecule has 2 aromatic rings. The number of aromatic amines is 1. The molecule has 7 nitrogen and oxygen atoms in total. The maximum Gasteiger partial charge on any atom is 0.282 e. The number of carbonyl (C=O) groups is 1. The van der Waals surface area contributed by atoms with Crippen molar-refractivity contribution in [2.75, 3.05) is 0 Å². The van der Waals surface area contributed by atoms with E-state index in [9.17, 15) is 9.59 Å². The summed E-state index contributed by atoms with van der Waals surface area (Å²) in [5.41, 5.74) is 2.04. The summed E-state index contributed by atoms with van der Waals surface area (Å²) in [5.74, 6) is -0.322. The Bertz CT molecular complexity index is 707. The number of aromatic nitrogens is 4. The van der Waals surface area contributed by atoms with Gasteiger partial charge in [0.15, 0.2) is 0 Å². The summed E-state index contributed by atoms with van der Waals surface area (Å²) in [6.45, 7) is 5.89. The van der Waals surface area contributed by atoms with Crippen LogP contribution in [0.5, 0.6) is 0 Å². The topological polar surface area (TPSA) is 101 Å². The zero-order valence-corrected chi connectivity index (χ0v) is 13.0. The molecule has 0 saturated heterocycles. The molecule has 21 heavy (non-hydrogen) atoms. The highest BCUT2D eigenvalue weighted by molar-refractivity contribution is 7.13. The van der Waals surface area contributed by atoms with Crippen molar-refractivity contribution in [3.05, 3.63) is 37.2 Å². The minimum absolute atomic E-state index is 0.158. The molecule has 0 fully saturated rings. The van der Waals surface area contributed by atoms with E-state index in [2.05, 4.69) is 25.7 Å². The Morgan fingerprint density at radius 2 is 2.00 bits per heavy atom. The lowest BCUT2D eigenvalue weighted by molar-refractivity contribution is 0.0949. The number of amides is 1. The molecule has 2 N–H and O–H groups in total. The van der Waals surface area contributed by atoms with E-state index in [1.807, 2.05) is 13.8 Å². The first kappa shape index (κ1) is 15.3. The molecule has 0 aliphatic heterocycles. The molecule has 0 radical (unpaired) electrons. The number of carbonyl (C=O) groups excluding carboxylic acids is 1. The maximum atomic E-state index is 12.0. The van der Waals surface area contributed by atoms with Gasteiger partial charge < -0.3 is 5.32 Å². The summed E-state index contributed by atoms with van der Waals surface area (Å²) in [7, 11) is 0. The summed E-state index contributed by atoms with van der Waals surface area (Å²) < 4.78 is 0. The van der Waals surface area contributed by atoms with Crippen molar-refractivity contribution in [2.45, 2.75) is 40.2 Å². The SMILES string of the molecule is CCc1n[nH]c(=O)c(CNC(=O)c2nnc(C)s2)c1CC. The van der Waals surface area contributed by atoms with Gasteiger partial charge in [0, 0.05) is 12.1 Å². The van der Waals surface area contributed by atoms with Crippen LogP contribution in [-0.2, 0) is 19.4 Å². The Hall–Kier alpha value is -2.09. The van der Waals surface area contributed by atoms with Crippen molar-refractivity contribution in [3.8, 4) is 0 Å². The fourth-order valence-corrected chi connectivity index (χ4v) is 2.70. The quantitative estimate of drug-likeness (QED) is 0.857. The summed E-state index contributed by atoms with van der Waals surface area (Å²) >= 11 is 1.22. The highest BCUT2D eigenvalue weighted by Crippen LogP contribution is 2.11. The standard InChI is InChI=1S/C13H17N5O2S/c1-4-8-9(11(19)17-16-10(8)5-2)6-14-12(20)13-18-15-7(3)21-13/h4-6H2,1-3H3,(H,14,20)(H,17,19). The van der Waals surface area contributed by atoms with E-state index >= 15 is 0 Å². The van der Waals surface area contributed by atoms with Crippen molar-refractivity contribution >= 4 is 17.2 Å². The van der Waals surface area contributed by atoms with Gasteiger partial charge in [0.25, 0.3) is 11.5 Å². The van der Waals surface area contributed by atoms with Gasteiger partial charge in [-0.25, -0.2) is 5.10 Å². The van der Waals surface area contributed by atoms with Gasteiger partial charge in [-0.1, -0.05) is 25.2 Å². The van der Waals surface area contributed by atoms with Crippen LogP contribution in [0.3, 0.4) is 0 Å². The van der Waals surface area contributed by atoms with Crippen LogP contribution in [0.1, 0.15) is 45.5 Å². The molecule has 1 amide bonds. The van der Waals surface area contributed by atoms with Crippen molar-refractivity contribution in [3.63, 3.8) is 0 Å². The first-order valence-corrected chi connectivity index (χ1v) is 7.56. The van der Waals surface area contributed by atoms with E-state index in [-0.39, 0.29) is 18.0 Å². The molecular formula is C13H17N5O2S. The zero-order chi connectivity index (χ0) is 15.4. The maximum absolute atomic E-state index is 12.0. The number of hydrogen-bond acceptors (Lipinski definition) is 6. The molecule has 0 aliphatic carbocycles. The molecule has 8 heteroatoms. The van der Waals surface area contributed by atoms with Gasteiger partial charge >= 0.3 is 0 Å². The minimum atomic E-state index is -0.322. The monoisotopic (exact) mass is 307 g/mol. The number of nitrogens with zero attached hydrogens (tertiary/aromatic N) is 3. The Morgan fingerprint density at radius 1 is 1.24 bits per heavy atom. The number of aryl methyl sites for hydroxylation is 2. The van der Waals surface area contributed by atoms with Crippen molar-refractivity contribution in [1.82, 2.24) is 25.7 Å². The summed E-state index contributed by atoms with van der Waals surface area (Å²) in [6, 6.07) is 0. The average molecular weight is 307 g/mol. The molecule has 2 heterocycles. The van der Waals surface area contributed by atoms with Crippen molar-refractivity contribution in [1.29, 1.82) is 0 Å². The zero-order valence-electron chi connectivity index (χ0n) is 12.2. The summed E-state index contributed by atoms with van der Waals surface area (Å²) in [5, 5.41) is 17.9. The van der Waals surface area contributed by atoms with E-state index in [4.69, 9.17) is 0 Å². The molecule has 2 aromatic heterocycles. The lowest BCUT2D eigenvalue weighted by atomic mass is 10.0. The van der Waals surface area contributed by atoms with Gasteiger partial charge in [-0.2, -0.15) is 5.10 Å². The molecule has 0 unspecified atom stereocenters. The predicted molar refractivity (Wildman–Crippen MR) is 79.4 cm³/mol. The fourth-order valence-electron chi connectivity index (χ4n) is 2.09. The normalized spacial score (nSPS) is 10.6. The van der Waals surface area contributed by atoms with Crippen molar-refractivity contribution < 1.29 is 4.79 Å². The molecule has 0 saturated carbocycles. The highest BCUT2D eigenvalue weighted by atomic mass is 32.1. The average Bonchev–Trinajstić information content (AvgIpc) is 2.91. The van der Waals surface area contributed by atoms with Crippen LogP contribution < -0.4 is 10.9 Å². The van der Waals surface area contributed by atoms with Crippen LogP contribution >= 0.6 is 11.3 Å². The summed E-state index contributed by atoms with van der Waals surface area (Å²) in [6.07, 6.45) is 1.43. The largest absolute Gasteiger partial charge is 0.346 e. The third kappa shape index (κ3) is 3.33. The van der Waals surface area contributed by atoms with Crippen LogP contribution in [-0.4, -0.2) is 26.3 Å². The number of nitrogens with one attached hydrogen (secondary N) is 2. The van der Waals surface area contributed by atoms with Gasteiger partial charge in [-0.15, -0.1) is 10.2 Å². The smallest absolute Gasteiger partial charge is 0.282 e. The van der Waals surface area contributed by atoms with Gasteiger partial charge in [-0.3, -0.25) is 9.59 Å². The second-order valence-corrected chi connectivity index (χ2v) is 5.65. The first-order valence-electron chi connectivity index (χ1n) is 6.74. The van der Waals surface area contributed by atoms with Crippen LogP contribution in [0.4, 0.5) is 0 Å². The van der Waals surface area contributed by atoms with Crippen LogP contribution in [0.15, 0.2) is 4.79 Å². The van der Waals surface area contributed by atoms with Crippen molar-refractivity contribution in [2.24, 2.45) is 0 Å². The molecule has 2 rings (SSSR count). The van der Waals surface area contributed by atoms with Gasteiger partial charge in [0.05, 0.1) is 5.69 Å². The Balaban J connectivity index is 2.20. The third-order valence-electron chi connectivity index (χ3n) is 3.11. The molecule has 0 spiro atoms. The van der Waals surface area contributed by atoms with E-state index in [1.165, 1.54) is 11.3 Å². The second-order valence-electron chi connectivity index (χ2n) is 4.47. The Labute approximate surface area is 125 Å². The Morgan fingerprint density at radius 3 is 2.57 bits per heavy atom. The van der Waals surface area contributed by atoms with E-state index in [0.717, 1.165) is 22.7 Å². The lowest BCUT2D eigenvalue weighted by Gasteiger charge is -2.10. The number of rotatable bonds is 5. The van der Waals surface area contributed by atoms with E-state index < -0.39 is 0 Å². The van der Waals surface area contributed by atoms with Gasteiger partial charge in [0.1, 0.15) is 5.01 Å². The first-order chi connectivity index (χ1) is 10.1. The van der Waals surface area contributed by atoms with E-state index in [0.29, 0.717) is 17.0 Å². The fraction of sp³-hybridized carbons (Fsp3) is 0.462. The molecular weight excluding hydrogens is 290 g/mol. The third-order valence-corrected chi connectivity index (χ3v) is 3.95.